The second-order valence-electron chi connectivity index (χ2n) is 4.12. The molecule has 0 amide bonds. The van der Waals surface area contributed by atoms with E-state index in [9.17, 15) is 17.6 Å². The fourth-order valence-electron chi connectivity index (χ4n) is 1.88. The van der Waals surface area contributed by atoms with E-state index < -0.39 is 24.0 Å². The number of rotatable bonds is 4. The van der Waals surface area contributed by atoms with Crippen LogP contribution in [-0.4, -0.2) is 11.3 Å². The first-order valence-corrected chi connectivity index (χ1v) is 5.82. The van der Waals surface area contributed by atoms with E-state index in [-0.39, 0.29) is 5.56 Å². The molecule has 0 spiro atoms. The van der Waals surface area contributed by atoms with Crippen LogP contribution in [0.2, 0.25) is 0 Å². The fraction of sp³-hybridized carbons (Fsp3) is 0.154. The summed E-state index contributed by atoms with van der Waals surface area (Å²) in [6.07, 6.45) is -2.44. The molecule has 0 aliphatic rings. The molecule has 3 N–H and O–H groups in total. The minimum atomic E-state index is -4.80. The number of aromatic nitrogens is 1. The Bertz CT molecular complexity index is 618. The largest absolute Gasteiger partial charge is 0.573 e. The summed E-state index contributed by atoms with van der Waals surface area (Å²) in [4.78, 5) is 3.60. The van der Waals surface area contributed by atoms with Crippen molar-refractivity contribution in [3.05, 3.63) is 59.7 Å². The summed E-state index contributed by atoms with van der Waals surface area (Å²) in [6, 6.07) is 5.71. The zero-order valence-electron chi connectivity index (χ0n) is 10.6. The highest BCUT2D eigenvalue weighted by Gasteiger charge is 2.31. The van der Waals surface area contributed by atoms with Gasteiger partial charge in [-0.2, -0.15) is 0 Å². The molecule has 1 aromatic heterocycles. The average Bonchev–Trinajstić information content (AvgIpc) is 2.40. The number of nitrogens with one attached hydrogen (secondary N) is 1. The third-order valence-corrected chi connectivity index (χ3v) is 2.71. The standard InChI is InChI=1S/C13H11F4N3O/c14-11-7-19-5-4-10(11)12(20-18)8-2-1-3-9(6-8)21-13(15,16)17/h1-7,12,20H,18H2. The van der Waals surface area contributed by atoms with Gasteiger partial charge in [0, 0.05) is 11.8 Å². The van der Waals surface area contributed by atoms with Gasteiger partial charge in [-0.15, -0.1) is 13.2 Å². The number of hydrogen-bond donors (Lipinski definition) is 2. The number of halogens is 4. The summed E-state index contributed by atoms with van der Waals surface area (Å²) >= 11 is 0. The molecule has 0 aliphatic heterocycles. The molecule has 1 aromatic carbocycles. The third-order valence-electron chi connectivity index (χ3n) is 2.71. The van der Waals surface area contributed by atoms with Crippen molar-refractivity contribution in [2.75, 3.05) is 0 Å². The minimum Gasteiger partial charge on any atom is -0.406 e. The molecule has 8 heteroatoms. The van der Waals surface area contributed by atoms with E-state index in [1.54, 1.807) is 0 Å². The van der Waals surface area contributed by atoms with Crippen molar-refractivity contribution in [3.63, 3.8) is 0 Å². The van der Waals surface area contributed by atoms with Crippen molar-refractivity contribution in [2.45, 2.75) is 12.4 Å². The Kier molecular flexibility index (Phi) is 4.39. The zero-order chi connectivity index (χ0) is 15.5. The van der Waals surface area contributed by atoms with Crippen LogP contribution in [0.3, 0.4) is 0 Å². The van der Waals surface area contributed by atoms with E-state index in [0.717, 1.165) is 18.3 Å². The predicted octanol–water partition coefficient (Wildman–Crippen LogP) is 2.67. The maximum Gasteiger partial charge on any atom is 0.573 e. The molecular weight excluding hydrogens is 290 g/mol. The first-order valence-electron chi connectivity index (χ1n) is 5.82. The SMILES string of the molecule is NNC(c1cccc(OC(F)(F)F)c1)c1ccncc1F. The monoisotopic (exact) mass is 301 g/mol. The molecule has 0 saturated heterocycles. The van der Waals surface area contributed by atoms with Gasteiger partial charge in [-0.05, 0) is 23.8 Å². The quantitative estimate of drug-likeness (QED) is 0.518. The Morgan fingerprint density at radius 2 is 2.00 bits per heavy atom. The molecule has 2 rings (SSSR count). The van der Waals surface area contributed by atoms with Gasteiger partial charge < -0.3 is 4.74 Å². The Labute approximate surface area is 117 Å². The molecule has 0 saturated carbocycles. The second-order valence-corrected chi connectivity index (χ2v) is 4.12. The average molecular weight is 301 g/mol. The molecule has 0 fully saturated rings. The van der Waals surface area contributed by atoms with Gasteiger partial charge in [-0.1, -0.05) is 12.1 Å². The third kappa shape index (κ3) is 3.89. The van der Waals surface area contributed by atoms with Crippen LogP contribution in [0.5, 0.6) is 5.75 Å². The van der Waals surface area contributed by atoms with Gasteiger partial charge in [0.1, 0.15) is 11.6 Å². The van der Waals surface area contributed by atoms with Crippen LogP contribution in [0.1, 0.15) is 17.2 Å². The van der Waals surface area contributed by atoms with Crippen molar-refractivity contribution >= 4 is 0 Å². The van der Waals surface area contributed by atoms with E-state index in [1.165, 1.54) is 24.4 Å². The summed E-state index contributed by atoms with van der Waals surface area (Å²) in [5.41, 5.74) is 2.85. The number of hydrazine groups is 1. The van der Waals surface area contributed by atoms with E-state index in [2.05, 4.69) is 15.1 Å². The molecule has 2 aromatic rings. The molecule has 1 heterocycles. The number of ether oxygens (including phenoxy) is 1. The number of nitrogens with two attached hydrogens (primary N) is 1. The van der Waals surface area contributed by atoms with Gasteiger partial charge in [-0.3, -0.25) is 10.8 Å². The molecule has 21 heavy (non-hydrogen) atoms. The first-order chi connectivity index (χ1) is 9.90. The number of nitrogens with zero attached hydrogens (tertiary/aromatic N) is 1. The summed E-state index contributed by atoms with van der Waals surface area (Å²) in [7, 11) is 0. The Morgan fingerprint density at radius 3 is 2.62 bits per heavy atom. The number of pyridine rings is 1. The molecule has 0 bridgehead atoms. The highest BCUT2D eigenvalue weighted by Crippen LogP contribution is 2.28. The Hall–Kier alpha value is -2.19. The van der Waals surface area contributed by atoms with E-state index >= 15 is 0 Å². The zero-order valence-corrected chi connectivity index (χ0v) is 10.6. The highest BCUT2D eigenvalue weighted by atomic mass is 19.4. The Balaban J connectivity index is 2.35. The lowest BCUT2D eigenvalue weighted by molar-refractivity contribution is -0.274. The van der Waals surface area contributed by atoms with Crippen molar-refractivity contribution < 1.29 is 22.3 Å². The van der Waals surface area contributed by atoms with E-state index in [0.29, 0.717) is 5.56 Å². The van der Waals surface area contributed by atoms with Crippen molar-refractivity contribution in [3.8, 4) is 5.75 Å². The predicted molar refractivity (Wildman–Crippen MR) is 66.5 cm³/mol. The summed E-state index contributed by atoms with van der Waals surface area (Å²) < 4.78 is 54.2. The molecule has 112 valence electrons. The van der Waals surface area contributed by atoms with Gasteiger partial charge in [0.05, 0.1) is 12.2 Å². The number of hydrogen-bond acceptors (Lipinski definition) is 4. The highest BCUT2D eigenvalue weighted by molar-refractivity contribution is 5.36. The van der Waals surface area contributed by atoms with Crippen LogP contribution in [-0.2, 0) is 0 Å². The van der Waals surface area contributed by atoms with E-state index in [1.807, 2.05) is 0 Å². The van der Waals surface area contributed by atoms with Crippen LogP contribution in [0.15, 0.2) is 42.7 Å². The number of alkyl halides is 3. The van der Waals surface area contributed by atoms with Crippen molar-refractivity contribution in [1.29, 1.82) is 0 Å². The lowest BCUT2D eigenvalue weighted by atomic mass is 10.00. The number of benzene rings is 1. The van der Waals surface area contributed by atoms with Crippen LogP contribution in [0.4, 0.5) is 17.6 Å². The van der Waals surface area contributed by atoms with E-state index in [4.69, 9.17) is 5.84 Å². The maximum absolute atomic E-state index is 13.7. The first kappa shape index (κ1) is 15.2. The summed E-state index contributed by atoms with van der Waals surface area (Å²) in [5.74, 6) is 4.35. The maximum atomic E-state index is 13.7. The van der Waals surface area contributed by atoms with Crippen LogP contribution < -0.4 is 16.0 Å². The smallest absolute Gasteiger partial charge is 0.406 e. The van der Waals surface area contributed by atoms with Gasteiger partial charge in [0.25, 0.3) is 0 Å². The summed E-state index contributed by atoms with van der Waals surface area (Å²) in [6.45, 7) is 0. The second kappa shape index (κ2) is 6.06. The molecule has 1 atom stereocenters. The van der Waals surface area contributed by atoms with Crippen LogP contribution in [0, 0.1) is 5.82 Å². The molecule has 0 radical (unpaired) electrons. The lowest BCUT2D eigenvalue weighted by Crippen LogP contribution is -2.29. The van der Waals surface area contributed by atoms with Crippen molar-refractivity contribution in [1.82, 2.24) is 10.4 Å². The van der Waals surface area contributed by atoms with Crippen LogP contribution >= 0.6 is 0 Å². The normalized spacial score (nSPS) is 13.0. The van der Waals surface area contributed by atoms with Gasteiger partial charge >= 0.3 is 6.36 Å². The van der Waals surface area contributed by atoms with Gasteiger partial charge in [0.2, 0.25) is 0 Å². The van der Waals surface area contributed by atoms with Gasteiger partial charge in [-0.25, -0.2) is 9.82 Å². The van der Waals surface area contributed by atoms with Crippen LogP contribution in [0.25, 0.3) is 0 Å². The molecular formula is C13H11F4N3O. The fourth-order valence-corrected chi connectivity index (χ4v) is 1.88. The molecule has 1 unspecified atom stereocenters. The molecule has 0 aliphatic carbocycles. The Morgan fingerprint density at radius 1 is 1.24 bits per heavy atom. The van der Waals surface area contributed by atoms with Gasteiger partial charge in [0.15, 0.2) is 0 Å². The summed E-state index contributed by atoms with van der Waals surface area (Å²) in [5, 5.41) is 0. The minimum absolute atomic E-state index is 0.164. The van der Waals surface area contributed by atoms with Crippen molar-refractivity contribution in [2.24, 2.45) is 5.84 Å². The molecule has 4 nitrogen and oxygen atoms in total. The lowest BCUT2D eigenvalue weighted by Gasteiger charge is -2.18. The topological polar surface area (TPSA) is 60.2 Å².